The predicted molar refractivity (Wildman–Crippen MR) is 100 cm³/mol. The average Bonchev–Trinajstić information content (AvgIpc) is 2.73. The number of carbonyl (C=O) groups excluding carboxylic acids is 1. The first-order valence-electron chi connectivity index (χ1n) is 9.18. The van der Waals surface area contributed by atoms with Gasteiger partial charge in [0, 0.05) is 45.1 Å². The molecule has 0 bridgehead atoms. The summed E-state index contributed by atoms with van der Waals surface area (Å²) < 4.78 is 40.9. The van der Waals surface area contributed by atoms with Crippen LogP contribution in [0.1, 0.15) is 11.1 Å². The minimum Gasteiger partial charge on any atom is -0.367 e. The number of nitrogens with zero attached hydrogens (tertiary/aromatic N) is 4. The number of alkyl halides is 3. The maximum absolute atomic E-state index is 12.4. The van der Waals surface area contributed by atoms with Gasteiger partial charge in [-0.1, -0.05) is 24.3 Å². The number of aromatic nitrogens is 2. The Morgan fingerprint density at radius 1 is 1.03 bits per heavy atom. The Morgan fingerprint density at radius 3 is 2.28 bits per heavy atom. The first kappa shape index (κ1) is 20.8. The Balaban J connectivity index is 1.39. The van der Waals surface area contributed by atoms with Crippen LogP contribution in [0.3, 0.4) is 0 Å². The highest BCUT2D eigenvalue weighted by atomic mass is 19.4. The highest BCUT2D eigenvalue weighted by molar-refractivity contribution is 5.74. The second-order valence-electron chi connectivity index (χ2n) is 6.61. The Hall–Kier alpha value is -2.88. The van der Waals surface area contributed by atoms with Gasteiger partial charge in [0.05, 0.1) is 6.61 Å². The van der Waals surface area contributed by atoms with Gasteiger partial charge in [-0.15, -0.1) is 0 Å². The molecule has 2 heterocycles. The van der Waals surface area contributed by atoms with Crippen molar-refractivity contribution in [3.05, 3.63) is 53.9 Å². The molecule has 3 rings (SSSR count). The lowest BCUT2D eigenvalue weighted by Crippen LogP contribution is -2.52. The fraction of sp³-hybridized carbons (Fsp3) is 0.421. The second-order valence-corrected chi connectivity index (χ2v) is 6.61. The number of carbonyl (C=O) groups is 1. The van der Waals surface area contributed by atoms with Crippen LogP contribution in [-0.2, 0) is 17.9 Å². The summed E-state index contributed by atoms with van der Waals surface area (Å²) in [5, 5.41) is 2.86. The highest BCUT2D eigenvalue weighted by Crippen LogP contribution is 2.16. The summed E-state index contributed by atoms with van der Waals surface area (Å²) in [7, 11) is 0. The van der Waals surface area contributed by atoms with E-state index in [9.17, 15) is 18.0 Å². The van der Waals surface area contributed by atoms with Crippen LogP contribution in [0.15, 0.2) is 42.7 Å². The molecular weight excluding hydrogens is 387 g/mol. The number of ether oxygens (including phenoxy) is 1. The molecule has 29 heavy (non-hydrogen) atoms. The van der Waals surface area contributed by atoms with Crippen molar-refractivity contribution >= 4 is 12.0 Å². The minimum absolute atomic E-state index is 0.110. The molecule has 0 spiro atoms. The number of piperazine rings is 1. The molecule has 1 aromatic carbocycles. The van der Waals surface area contributed by atoms with Crippen molar-refractivity contribution in [2.45, 2.75) is 19.3 Å². The molecule has 0 saturated carbocycles. The summed E-state index contributed by atoms with van der Waals surface area (Å²) in [5.41, 5.74) is 1.50. The molecule has 0 radical (unpaired) electrons. The fourth-order valence-electron chi connectivity index (χ4n) is 2.89. The quantitative estimate of drug-likeness (QED) is 0.794. The first-order chi connectivity index (χ1) is 13.9. The van der Waals surface area contributed by atoms with Crippen molar-refractivity contribution in [2.75, 3.05) is 37.7 Å². The zero-order chi connectivity index (χ0) is 20.7. The maximum Gasteiger partial charge on any atom is 0.411 e. The third-order valence-electron chi connectivity index (χ3n) is 4.40. The summed E-state index contributed by atoms with van der Waals surface area (Å²) in [5.74, 6) is 0.659. The molecule has 0 unspecified atom stereocenters. The van der Waals surface area contributed by atoms with Crippen molar-refractivity contribution in [3.63, 3.8) is 0 Å². The number of benzene rings is 1. The van der Waals surface area contributed by atoms with Gasteiger partial charge in [0.1, 0.15) is 6.61 Å². The van der Waals surface area contributed by atoms with Gasteiger partial charge in [0.2, 0.25) is 5.95 Å². The molecule has 1 N–H and O–H groups in total. The molecule has 10 heteroatoms. The number of amides is 2. The summed E-state index contributed by atoms with van der Waals surface area (Å²) >= 11 is 0. The van der Waals surface area contributed by atoms with Gasteiger partial charge in [-0.05, 0) is 17.2 Å². The Morgan fingerprint density at radius 2 is 1.66 bits per heavy atom. The van der Waals surface area contributed by atoms with E-state index in [1.807, 2.05) is 4.90 Å². The normalized spacial score (nSPS) is 14.7. The van der Waals surface area contributed by atoms with Gasteiger partial charge >= 0.3 is 12.2 Å². The monoisotopic (exact) mass is 409 g/mol. The smallest absolute Gasteiger partial charge is 0.367 e. The van der Waals surface area contributed by atoms with Crippen LogP contribution in [0, 0.1) is 0 Å². The fourth-order valence-corrected chi connectivity index (χ4v) is 2.89. The Labute approximate surface area is 166 Å². The van der Waals surface area contributed by atoms with Crippen LogP contribution in [0.4, 0.5) is 23.9 Å². The first-order valence-corrected chi connectivity index (χ1v) is 9.18. The molecule has 0 atom stereocenters. The molecule has 0 aliphatic carbocycles. The lowest BCUT2D eigenvalue weighted by Gasteiger charge is -2.34. The van der Waals surface area contributed by atoms with E-state index in [0.29, 0.717) is 44.2 Å². The van der Waals surface area contributed by atoms with Gasteiger partial charge in [-0.2, -0.15) is 13.2 Å². The molecule has 1 aliphatic heterocycles. The molecule has 1 aromatic heterocycles. The third kappa shape index (κ3) is 6.60. The number of hydrogen-bond donors (Lipinski definition) is 1. The SMILES string of the molecule is O=C(NCc1ccc(COCC(F)(F)F)cc1)N1CCN(c2ncccn2)CC1. The second kappa shape index (κ2) is 9.55. The number of nitrogens with one attached hydrogen (secondary N) is 1. The van der Waals surface area contributed by atoms with Crippen molar-refractivity contribution in [1.82, 2.24) is 20.2 Å². The third-order valence-corrected chi connectivity index (χ3v) is 4.40. The Kier molecular flexibility index (Phi) is 6.86. The van der Waals surface area contributed by atoms with Gasteiger partial charge in [-0.3, -0.25) is 0 Å². The largest absolute Gasteiger partial charge is 0.411 e. The number of halogens is 3. The maximum atomic E-state index is 12.4. The van der Waals surface area contributed by atoms with E-state index in [1.54, 1.807) is 47.6 Å². The van der Waals surface area contributed by atoms with Gasteiger partial charge in [0.25, 0.3) is 0 Å². The van der Waals surface area contributed by atoms with Crippen molar-refractivity contribution in [1.29, 1.82) is 0 Å². The summed E-state index contributed by atoms with van der Waals surface area (Å²) in [6, 6.07) is 8.51. The van der Waals surface area contributed by atoms with Crippen LogP contribution < -0.4 is 10.2 Å². The van der Waals surface area contributed by atoms with Crippen LogP contribution in [0.5, 0.6) is 0 Å². The molecular formula is C19H22F3N5O2. The molecule has 1 fully saturated rings. The highest BCUT2D eigenvalue weighted by Gasteiger charge is 2.27. The minimum atomic E-state index is -4.33. The number of anilines is 1. The van der Waals surface area contributed by atoms with Crippen LogP contribution in [0.2, 0.25) is 0 Å². The van der Waals surface area contributed by atoms with E-state index < -0.39 is 12.8 Å². The predicted octanol–water partition coefficient (Wildman–Crippen LogP) is 2.59. The van der Waals surface area contributed by atoms with Crippen molar-refractivity contribution < 1.29 is 22.7 Å². The summed E-state index contributed by atoms with van der Waals surface area (Å²) in [4.78, 5) is 24.6. The number of rotatable bonds is 6. The van der Waals surface area contributed by atoms with E-state index in [-0.39, 0.29) is 12.6 Å². The van der Waals surface area contributed by atoms with E-state index in [4.69, 9.17) is 0 Å². The van der Waals surface area contributed by atoms with E-state index >= 15 is 0 Å². The van der Waals surface area contributed by atoms with Gasteiger partial charge in [0.15, 0.2) is 0 Å². The number of hydrogen-bond acceptors (Lipinski definition) is 5. The molecule has 1 aliphatic rings. The zero-order valence-electron chi connectivity index (χ0n) is 15.7. The summed E-state index contributed by atoms with van der Waals surface area (Å²) in [6.45, 7) is 1.41. The molecule has 7 nitrogen and oxygen atoms in total. The Bertz CT molecular complexity index is 779. The van der Waals surface area contributed by atoms with E-state index in [2.05, 4.69) is 20.0 Å². The standard InChI is InChI=1S/C19H22F3N5O2/c20-19(21,22)14-29-13-16-4-2-15(3-5-16)12-25-18(28)27-10-8-26(9-11-27)17-23-6-1-7-24-17/h1-7H,8-14H2,(H,25,28). The van der Waals surface area contributed by atoms with E-state index in [1.165, 1.54) is 0 Å². The lowest BCUT2D eigenvalue weighted by molar-refractivity contribution is -0.176. The summed E-state index contributed by atoms with van der Waals surface area (Å²) in [6.07, 6.45) is -0.950. The number of urea groups is 1. The van der Waals surface area contributed by atoms with E-state index in [0.717, 1.165) is 5.56 Å². The van der Waals surface area contributed by atoms with Crippen LogP contribution in [-0.4, -0.2) is 59.9 Å². The lowest BCUT2D eigenvalue weighted by atomic mass is 10.1. The molecule has 2 aromatic rings. The molecule has 1 saturated heterocycles. The van der Waals surface area contributed by atoms with Crippen LogP contribution >= 0.6 is 0 Å². The average molecular weight is 409 g/mol. The van der Waals surface area contributed by atoms with Gasteiger partial charge in [-0.25, -0.2) is 14.8 Å². The molecule has 156 valence electrons. The zero-order valence-corrected chi connectivity index (χ0v) is 15.7. The topological polar surface area (TPSA) is 70.6 Å². The van der Waals surface area contributed by atoms with Gasteiger partial charge < -0.3 is 19.9 Å². The van der Waals surface area contributed by atoms with Crippen molar-refractivity contribution in [2.24, 2.45) is 0 Å². The van der Waals surface area contributed by atoms with Crippen LogP contribution in [0.25, 0.3) is 0 Å². The molecule has 2 amide bonds. The van der Waals surface area contributed by atoms with Crippen molar-refractivity contribution in [3.8, 4) is 0 Å².